The first-order valence-electron chi connectivity index (χ1n) is 8.46. The predicted molar refractivity (Wildman–Crippen MR) is 113 cm³/mol. The smallest absolute Gasteiger partial charge is 0.305 e. The zero-order valence-corrected chi connectivity index (χ0v) is 16.7. The average Bonchev–Trinajstić information content (AvgIpc) is 2.68. The van der Waals surface area contributed by atoms with Crippen molar-refractivity contribution in [1.29, 1.82) is 0 Å². The lowest BCUT2D eigenvalue weighted by Crippen LogP contribution is -2.36. The lowest BCUT2D eigenvalue weighted by molar-refractivity contribution is 0.476. The quantitative estimate of drug-likeness (QED) is 0.318. The van der Waals surface area contributed by atoms with Crippen molar-refractivity contribution < 1.29 is 21.4 Å². The number of hydrogen-bond donors (Lipinski definition) is 4. The maximum absolute atomic E-state index is 12.5. The van der Waals surface area contributed by atoms with Crippen LogP contribution >= 0.6 is 0 Å². The summed E-state index contributed by atoms with van der Waals surface area (Å²) in [5.74, 6) is 0. The maximum Gasteiger partial charge on any atom is 0.305 e. The maximum atomic E-state index is 12.5. The molecule has 0 aliphatic carbocycles. The Balaban J connectivity index is 1.76. The normalized spacial score (nSPS) is 12.7. The first kappa shape index (κ1) is 20.6. The topological polar surface area (TPSA) is 125 Å². The Kier molecular flexibility index (Phi) is 6.06. The van der Waals surface area contributed by atoms with Crippen molar-refractivity contribution in [2.24, 2.45) is 0 Å². The Hall–Kier alpha value is -3.08. The Morgan fingerprint density at radius 2 is 1.07 bits per heavy atom. The van der Waals surface area contributed by atoms with Crippen LogP contribution in [0.25, 0.3) is 0 Å². The van der Waals surface area contributed by atoms with Crippen LogP contribution in [0.3, 0.4) is 0 Å². The fourth-order valence-electron chi connectivity index (χ4n) is 2.47. The molecular formula is C19H19N3O5S2. The monoisotopic (exact) mass is 433 g/mol. The van der Waals surface area contributed by atoms with Crippen molar-refractivity contribution in [1.82, 2.24) is 0 Å². The fraction of sp³-hybridized carbons (Fsp3) is 0.0526. The number of benzene rings is 3. The first-order valence-corrected chi connectivity index (χ1v) is 11.4. The number of para-hydroxylation sites is 2. The number of sulfonamides is 1. The summed E-state index contributed by atoms with van der Waals surface area (Å²) in [5.41, 5.74) is -0.313. The Bertz CT molecular complexity index is 1150. The number of rotatable bonds is 8. The van der Waals surface area contributed by atoms with E-state index in [1.807, 2.05) is 0 Å². The highest BCUT2D eigenvalue weighted by atomic mass is 32.2. The van der Waals surface area contributed by atoms with Gasteiger partial charge in [0.1, 0.15) is 0 Å². The third kappa shape index (κ3) is 5.70. The van der Waals surface area contributed by atoms with Gasteiger partial charge in [0.15, 0.2) is 0 Å². The standard InChI is InChI=1S/C19H19N3O5S2/c23-28(24,22-17-9-5-2-6-10-17)18-13-11-16(12-14-18)21-19(29(25,26)27)20-15-7-3-1-4-8-15/h1-14,19-22H,(H,25,26,27). The molecule has 1 unspecified atom stereocenters. The predicted octanol–water partition coefficient (Wildman–Crippen LogP) is 3.18. The number of hydrogen-bond acceptors (Lipinski definition) is 6. The largest absolute Gasteiger partial charge is 0.351 e. The molecule has 0 amide bonds. The molecule has 0 bridgehead atoms. The first-order chi connectivity index (χ1) is 13.7. The minimum Gasteiger partial charge on any atom is -0.351 e. The molecule has 0 radical (unpaired) electrons. The summed E-state index contributed by atoms with van der Waals surface area (Å²) in [5, 5.41) is 5.30. The fourth-order valence-corrected chi connectivity index (χ4v) is 4.10. The lowest BCUT2D eigenvalue weighted by atomic mass is 10.3. The highest BCUT2D eigenvalue weighted by molar-refractivity contribution is 7.92. The van der Waals surface area contributed by atoms with Crippen molar-refractivity contribution in [3.8, 4) is 0 Å². The van der Waals surface area contributed by atoms with E-state index < -0.39 is 25.6 Å². The van der Waals surface area contributed by atoms with Gasteiger partial charge in [-0.15, -0.1) is 0 Å². The van der Waals surface area contributed by atoms with Crippen LogP contribution in [-0.4, -0.2) is 26.9 Å². The summed E-state index contributed by atoms with van der Waals surface area (Å²) in [6.45, 7) is 0. The van der Waals surface area contributed by atoms with Crippen molar-refractivity contribution in [3.05, 3.63) is 84.9 Å². The van der Waals surface area contributed by atoms with Gasteiger partial charge in [-0.05, 0) is 48.5 Å². The zero-order chi connectivity index (χ0) is 20.9. The molecule has 8 nitrogen and oxygen atoms in total. The van der Waals surface area contributed by atoms with Gasteiger partial charge in [-0.2, -0.15) is 8.42 Å². The molecule has 0 aliphatic heterocycles. The van der Waals surface area contributed by atoms with Crippen LogP contribution < -0.4 is 15.4 Å². The van der Waals surface area contributed by atoms with Gasteiger partial charge in [0, 0.05) is 17.1 Å². The molecule has 3 rings (SSSR count). The molecule has 10 heteroatoms. The third-order valence-corrected chi connectivity index (χ3v) is 6.09. The van der Waals surface area contributed by atoms with Crippen molar-refractivity contribution in [2.45, 2.75) is 10.4 Å². The van der Waals surface area contributed by atoms with Crippen molar-refractivity contribution in [2.75, 3.05) is 15.4 Å². The van der Waals surface area contributed by atoms with E-state index in [0.717, 1.165) is 0 Å². The van der Waals surface area contributed by atoms with Gasteiger partial charge in [0.25, 0.3) is 10.0 Å². The second kappa shape index (κ2) is 8.52. The second-order valence-corrected chi connectivity index (χ2v) is 9.23. The second-order valence-electron chi connectivity index (χ2n) is 6.05. The molecule has 0 heterocycles. The van der Waals surface area contributed by atoms with Crippen LogP contribution in [0.15, 0.2) is 89.8 Å². The highest BCUT2D eigenvalue weighted by Gasteiger charge is 2.23. The van der Waals surface area contributed by atoms with Crippen LogP contribution in [-0.2, 0) is 20.1 Å². The molecule has 1 atom stereocenters. The molecule has 0 fully saturated rings. The molecule has 0 saturated heterocycles. The Morgan fingerprint density at radius 1 is 0.621 bits per heavy atom. The average molecular weight is 434 g/mol. The van der Waals surface area contributed by atoms with E-state index in [1.165, 1.54) is 24.3 Å². The summed E-state index contributed by atoms with van der Waals surface area (Å²) < 4.78 is 60.2. The molecule has 152 valence electrons. The van der Waals surface area contributed by atoms with Gasteiger partial charge in [0.2, 0.25) is 5.50 Å². The van der Waals surface area contributed by atoms with Gasteiger partial charge < -0.3 is 10.6 Å². The molecule has 0 aliphatic rings. The van der Waals surface area contributed by atoms with E-state index >= 15 is 0 Å². The summed E-state index contributed by atoms with van der Waals surface area (Å²) in [6, 6.07) is 22.4. The zero-order valence-electron chi connectivity index (χ0n) is 15.1. The number of anilines is 3. The van der Waals surface area contributed by atoms with Gasteiger partial charge in [0.05, 0.1) is 4.90 Å². The van der Waals surface area contributed by atoms with Crippen molar-refractivity contribution in [3.63, 3.8) is 0 Å². The Morgan fingerprint density at radius 3 is 1.55 bits per heavy atom. The van der Waals surface area contributed by atoms with E-state index in [1.54, 1.807) is 60.7 Å². The lowest BCUT2D eigenvalue weighted by Gasteiger charge is -2.19. The third-order valence-electron chi connectivity index (χ3n) is 3.86. The van der Waals surface area contributed by atoms with Gasteiger partial charge >= 0.3 is 10.1 Å². The summed E-state index contributed by atoms with van der Waals surface area (Å²) in [4.78, 5) is 0.00586. The number of nitrogens with one attached hydrogen (secondary N) is 3. The molecule has 0 aromatic heterocycles. The molecule has 0 saturated carbocycles. The summed E-state index contributed by atoms with van der Waals surface area (Å²) in [6.07, 6.45) is 0. The Labute approximate surface area is 169 Å². The van der Waals surface area contributed by atoms with E-state index in [4.69, 9.17) is 0 Å². The van der Waals surface area contributed by atoms with E-state index in [9.17, 15) is 21.4 Å². The molecule has 3 aromatic rings. The van der Waals surface area contributed by atoms with E-state index in [0.29, 0.717) is 17.1 Å². The van der Waals surface area contributed by atoms with Crippen LogP contribution in [0.2, 0.25) is 0 Å². The molecule has 0 spiro atoms. The van der Waals surface area contributed by atoms with Crippen LogP contribution in [0.4, 0.5) is 17.1 Å². The molecule has 3 aromatic carbocycles. The van der Waals surface area contributed by atoms with Crippen LogP contribution in [0, 0.1) is 0 Å². The van der Waals surface area contributed by atoms with Crippen molar-refractivity contribution >= 4 is 37.2 Å². The summed E-state index contributed by atoms with van der Waals surface area (Å²) >= 11 is 0. The molecular weight excluding hydrogens is 414 g/mol. The molecule has 4 N–H and O–H groups in total. The summed E-state index contributed by atoms with van der Waals surface area (Å²) in [7, 11) is -8.29. The van der Waals surface area contributed by atoms with Gasteiger partial charge in [-0.3, -0.25) is 9.27 Å². The van der Waals surface area contributed by atoms with E-state index in [2.05, 4.69) is 15.4 Å². The minimum absolute atomic E-state index is 0.00586. The van der Waals surface area contributed by atoms with Gasteiger partial charge in [-0.25, -0.2) is 8.42 Å². The minimum atomic E-state index is -4.49. The van der Waals surface area contributed by atoms with Crippen LogP contribution in [0.5, 0.6) is 0 Å². The van der Waals surface area contributed by atoms with Crippen LogP contribution in [0.1, 0.15) is 0 Å². The SMILES string of the molecule is O=S(=O)(Nc1ccccc1)c1ccc(NC(Nc2ccccc2)S(=O)(=O)O)cc1. The highest BCUT2D eigenvalue weighted by Crippen LogP contribution is 2.20. The van der Waals surface area contributed by atoms with E-state index in [-0.39, 0.29) is 4.90 Å². The van der Waals surface area contributed by atoms with Gasteiger partial charge in [-0.1, -0.05) is 36.4 Å². The molecule has 29 heavy (non-hydrogen) atoms.